The van der Waals surface area contributed by atoms with Gasteiger partial charge in [-0.3, -0.25) is 4.79 Å². The van der Waals surface area contributed by atoms with Crippen LogP contribution in [-0.4, -0.2) is 20.8 Å². The fourth-order valence-electron chi connectivity index (χ4n) is 2.77. The van der Waals surface area contributed by atoms with E-state index >= 15 is 0 Å². The zero-order chi connectivity index (χ0) is 13.1. The molecule has 4 nitrogen and oxygen atoms in total. The van der Waals surface area contributed by atoms with E-state index in [1.54, 1.807) is 10.9 Å². The zero-order valence-corrected chi connectivity index (χ0v) is 10.8. The SMILES string of the molecule is O=C(CC1CCCC1)c1cnnn1-c1ccccc1. The zero-order valence-electron chi connectivity index (χ0n) is 10.8. The normalized spacial score (nSPS) is 15.8. The van der Waals surface area contributed by atoms with Crippen molar-refractivity contribution in [3.8, 4) is 5.69 Å². The van der Waals surface area contributed by atoms with E-state index in [0.717, 1.165) is 5.69 Å². The number of aromatic nitrogens is 3. The highest BCUT2D eigenvalue weighted by molar-refractivity contribution is 5.94. The van der Waals surface area contributed by atoms with Crippen molar-refractivity contribution in [1.29, 1.82) is 0 Å². The molecule has 0 aliphatic heterocycles. The second-order valence-corrected chi connectivity index (χ2v) is 5.14. The van der Waals surface area contributed by atoms with Gasteiger partial charge in [-0.2, -0.15) is 0 Å². The van der Waals surface area contributed by atoms with E-state index in [2.05, 4.69) is 10.3 Å². The molecule has 1 aliphatic rings. The number of hydrogen-bond acceptors (Lipinski definition) is 3. The minimum atomic E-state index is 0.153. The average molecular weight is 255 g/mol. The molecular weight excluding hydrogens is 238 g/mol. The van der Waals surface area contributed by atoms with Crippen LogP contribution in [0.3, 0.4) is 0 Å². The number of carbonyl (C=O) groups is 1. The van der Waals surface area contributed by atoms with Crippen molar-refractivity contribution in [2.75, 3.05) is 0 Å². The van der Waals surface area contributed by atoms with Crippen molar-refractivity contribution in [3.63, 3.8) is 0 Å². The summed E-state index contributed by atoms with van der Waals surface area (Å²) in [5.74, 6) is 0.701. The molecule has 1 aromatic carbocycles. The van der Waals surface area contributed by atoms with E-state index in [-0.39, 0.29) is 5.78 Å². The summed E-state index contributed by atoms with van der Waals surface area (Å²) >= 11 is 0. The third-order valence-electron chi connectivity index (χ3n) is 3.78. The number of para-hydroxylation sites is 1. The highest BCUT2D eigenvalue weighted by Crippen LogP contribution is 2.28. The highest BCUT2D eigenvalue weighted by Gasteiger charge is 2.22. The Morgan fingerprint density at radius 2 is 1.95 bits per heavy atom. The Hall–Kier alpha value is -1.97. The monoisotopic (exact) mass is 255 g/mol. The number of nitrogens with zero attached hydrogens (tertiary/aromatic N) is 3. The van der Waals surface area contributed by atoms with Crippen molar-refractivity contribution in [3.05, 3.63) is 42.2 Å². The molecule has 3 rings (SSSR count). The lowest BCUT2D eigenvalue weighted by atomic mass is 10.00. The molecule has 19 heavy (non-hydrogen) atoms. The maximum atomic E-state index is 12.4. The van der Waals surface area contributed by atoms with Crippen LogP contribution >= 0.6 is 0 Å². The van der Waals surface area contributed by atoms with Crippen molar-refractivity contribution >= 4 is 5.78 Å². The van der Waals surface area contributed by atoms with Crippen LogP contribution in [0.1, 0.15) is 42.6 Å². The first kappa shape index (κ1) is 12.1. The van der Waals surface area contributed by atoms with E-state index in [9.17, 15) is 4.79 Å². The van der Waals surface area contributed by atoms with Crippen LogP contribution in [0.15, 0.2) is 36.5 Å². The number of benzene rings is 1. The molecular formula is C15H17N3O. The molecule has 0 saturated heterocycles. The Morgan fingerprint density at radius 3 is 2.68 bits per heavy atom. The van der Waals surface area contributed by atoms with E-state index in [1.807, 2.05) is 30.3 Å². The molecule has 1 saturated carbocycles. The van der Waals surface area contributed by atoms with Gasteiger partial charge in [0.25, 0.3) is 0 Å². The molecule has 2 aromatic rings. The second kappa shape index (κ2) is 5.34. The van der Waals surface area contributed by atoms with Gasteiger partial charge in [-0.05, 0) is 18.1 Å². The minimum Gasteiger partial charge on any atom is -0.292 e. The van der Waals surface area contributed by atoms with Gasteiger partial charge in [0.05, 0.1) is 11.9 Å². The van der Waals surface area contributed by atoms with Crippen LogP contribution in [0.2, 0.25) is 0 Å². The third-order valence-corrected chi connectivity index (χ3v) is 3.78. The third kappa shape index (κ3) is 2.57. The maximum Gasteiger partial charge on any atom is 0.183 e. The summed E-state index contributed by atoms with van der Waals surface area (Å²) in [7, 11) is 0. The molecule has 1 heterocycles. The van der Waals surface area contributed by atoms with E-state index in [0.29, 0.717) is 18.0 Å². The van der Waals surface area contributed by atoms with Gasteiger partial charge in [0, 0.05) is 6.42 Å². The maximum absolute atomic E-state index is 12.4. The summed E-state index contributed by atoms with van der Waals surface area (Å²) in [4.78, 5) is 12.4. The summed E-state index contributed by atoms with van der Waals surface area (Å²) in [6, 6.07) is 9.67. The minimum absolute atomic E-state index is 0.153. The van der Waals surface area contributed by atoms with Crippen LogP contribution in [0.5, 0.6) is 0 Å². The van der Waals surface area contributed by atoms with Crippen LogP contribution in [-0.2, 0) is 0 Å². The summed E-state index contributed by atoms with van der Waals surface area (Å²) in [5, 5.41) is 7.91. The smallest absolute Gasteiger partial charge is 0.183 e. The predicted octanol–water partition coefficient (Wildman–Crippen LogP) is 3.03. The van der Waals surface area contributed by atoms with Crippen LogP contribution in [0.25, 0.3) is 5.69 Å². The van der Waals surface area contributed by atoms with Gasteiger partial charge in [-0.15, -0.1) is 5.10 Å². The van der Waals surface area contributed by atoms with Crippen LogP contribution in [0, 0.1) is 5.92 Å². The van der Waals surface area contributed by atoms with Crippen LogP contribution < -0.4 is 0 Å². The standard InChI is InChI=1S/C15H17N3O/c19-15(10-12-6-4-5-7-12)14-11-16-17-18(14)13-8-2-1-3-9-13/h1-3,8-9,11-12H,4-7,10H2. The summed E-state index contributed by atoms with van der Waals surface area (Å²) < 4.78 is 1.64. The Morgan fingerprint density at radius 1 is 1.21 bits per heavy atom. The number of hydrogen-bond donors (Lipinski definition) is 0. The highest BCUT2D eigenvalue weighted by atomic mass is 16.1. The molecule has 0 bridgehead atoms. The predicted molar refractivity (Wildman–Crippen MR) is 72.3 cm³/mol. The first-order valence-corrected chi connectivity index (χ1v) is 6.84. The van der Waals surface area contributed by atoms with E-state index in [4.69, 9.17) is 0 Å². The van der Waals surface area contributed by atoms with E-state index in [1.165, 1.54) is 25.7 Å². The molecule has 0 N–H and O–H groups in total. The Bertz CT molecular complexity index is 556. The number of ketones is 1. The summed E-state index contributed by atoms with van der Waals surface area (Å²) in [6.07, 6.45) is 7.07. The first-order valence-electron chi connectivity index (χ1n) is 6.84. The summed E-state index contributed by atoms with van der Waals surface area (Å²) in [6.45, 7) is 0. The molecule has 0 radical (unpaired) electrons. The van der Waals surface area contributed by atoms with E-state index < -0.39 is 0 Å². The van der Waals surface area contributed by atoms with Crippen molar-refractivity contribution < 1.29 is 4.79 Å². The fourth-order valence-corrected chi connectivity index (χ4v) is 2.77. The van der Waals surface area contributed by atoms with Gasteiger partial charge in [-0.25, -0.2) is 4.68 Å². The van der Waals surface area contributed by atoms with Gasteiger partial charge in [0.1, 0.15) is 5.69 Å². The lowest BCUT2D eigenvalue weighted by Gasteiger charge is -2.08. The fraction of sp³-hybridized carbons (Fsp3) is 0.400. The largest absolute Gasteiger partial charge is 0.292 e. The Labute approximate surface area is 112 Å². The number of Topliss-reactive ketones (excluding diaryl/α,β-unsaturated/α-hetero) is 1. The topological polar surface area (TPSA) is 47.8 Å². The molecule has 0 atom stereocenters. The molecule has 0 spiro atoms. The van der Waals surface area contributed by atoms with Crippen LogP contribution in [0.4, 0.5) is 0 Å². The van der Waals surface area contributed by atoms with Gasteiger partial charge < -0.3 is 0 Å². The van der Waals surface area contributed by atoms with Gasteiger partial charge in [0.2, 0.25) is 0 Å². The molecule has 0 amide bonds. The molecule has 1 aromatic heterocycles. The first-order chi connectivity index (χ1) is 9.34. The molecule has 1 aliphatic carbocycles. The molecule has 1 fully saturated rings. The molecule has 98 valence electrons. The van der Waals surface area contributed by atoms with Crippen molar-refractivity contribution in [2.45, 2.75) is 32.1 Å². The van der Waals surface area contributed by atoms with Crippen molar-refractivity contribution in [2.24, 2.45) is 5.92 Å². The number of carbonyl (C=O) groups excluding carboxylic acids is 1. The van der Waals surface area contributed by atoms with Gasteiger partial charge in [0.15, 0.2) is 5.78 Å². The Kier molecular flexibility index (Phi) is 3.40. The molecule has 4 heteroatoms. The number of rotatable bonds is 4. The summed E-state index contributed by atoms with van der Waals surface area (Å²) in [5.41, 5.74) is 1.48. The van der Waals surface area contributed by atoms with Gasteiger partial charge >= 0.3 is 0 Å². The van der Waals surface area contributed by atoms with Crippen molar-refractivity contribution in [1.82, 2.24) is 15.0 Å². The van der Waals surface area contributed by atoms with Gasteiger partial charge in [-0.1, -0.05) is 49.1 Å². The quantitative estimate of drug-likeness (QED) is 0.789. The lowest BCUT2D eigenvalue weighted by Crippen LogP contribution is -2.12. The molecule has 0 unspecified atom stereocenters. The average Bonchev–Trinajstić information content (AvgIpc) is 3.10. The lowest BCUT2D eigenvalue weighted by molar-refractivity contribution is 0.0954. The second-order valence-electron chi connectivity index (χ2n) is 5.14. The Balaban J connectivity index is 1.81.